The number of nitrogens with one attached hydrogen (secondary N) is 1. The summed E-state index contributed by atoms with van der Waals surface area (Å²) in [6, 6.07) is 5.97. The maximum absolute atomic E-state index is 11.7. The number of benzene rings is 1. The Bertz CT molecular complexity index is 490. The van der Waals surface area contributed by atoms with E-state index in [0.29, 0.717) is 22.6 Å². The van der Waals surface area contributed by atoms with Crippen molar-refractivity contribution in [2.75, 3.05) is 31.8 Å². The van der Waals surface area contributed by atoms with Crippen molar-refractivity contribution in [3.8, 4) is 11.5 Å². The molecule has 0 aromatic heterocycles. The van der Waals surface area contributed by atoms with Crippen molar-refractivity contribution in [1.29, 1.82) is 0 Å². The fraction of sp³-hybridized carbons (Fsp3) is 0.562. The molecule has 1 heterocycles. The van der Waals surface area contributed by atoms with Crippen molar-refractivity contribution in [2.45, 2.75) is 24.3 Å². The van der Waals surface area contributed by atoms with Crippen LogP contribution in [-0.4, -0.2) is 37.7 Å². The molecule has 0 aliphatic carbocycles. The summed E-state index contributed by atoms with van der Waals surface area (Å²) in [6.07, 6.45) is 2.05. The summed E-state index contributed by atoms with van der Waals surface area (Å²) in [5.41, 5.74) is 1.24. The van der Waals surface area contributed by atoms with Gasteiger partial charge in [0.05, 0.1) is 11.7 Å². The third kappa shape index (κ3) is 5.02. The number of thioether (sulfide) groups is 2. The SMILES string of the molecule is CCCCNC(=O)COc1ccc(C2SCCS2)cc1OC. The maximum Gasteiger partial charge on any atom is 0.257 e. The van der Waals surface area contributed by atoms with Crippen LogP contribution >= 0.6 is 23.5 Å². The van der Waals surface area contributed by atoms with Gasteiger partial charge in [0.25, 0.3) is 5.91 Å². The van der Waals surface area contributed by atoms with E-state index in [0.717, 1.165) is 12.8 Å². The summed E-state index contributed by atoms with van der Waals surface area (Å²) < 4.78 is 11.5. The largest absolute Gasteiger partial charge is 0.493 e. The van der Waals surface area contributed by atoms with Gasteiger partial charge in [0.1, 0.15) is 0 Å². The molecular formula is C16H23NO3S2. The summed E-state index contributed by atoms with van der Waals surface area (Å²) >= 11 is 3.90. The van der Waals surface area contributed by atoms with Crippen LogP contribution in [0.25, 0.3) is 0 Å². The van der Waals surface area contributed by atoms with Crippen LogP contribution in [0.3, 0.4) is 0 Å². The molecule has 1 N–H and O–H groups in total. The number of unbranched alkanes of at least 4 members (excludes halogenated alkanes) is 1. The molecule has 0 saturated carbocycles. The molecule has 6 heteroatoms. The highest BCUT2D eigenvalue weighted by Crippen LogP contribution is 2.46. The molecule has 2 rings (SSSR count). The van der Waals surface area contributed by atoms with Crippen LogP contribution in [-0.2, 0) is 4.79 Å². The van der Waals surface area contributed by atoms with Gasteiger partial charge in [0.15, 0.2) is 18.1 Å². The Morgan fingerprint density at radius 1 is 1.32 bits per heavy atom. The van der Waals surface area contributed by atoms with Crippen molar-refractivity contribution in [3.63, 3.8) is 0 Å². The zero-order chi connectivity index (χ0) is 15.8. The molecule has 0 unspecified atom stereocenters. The number of carbonyl (C=O) groups excluding carboxylic acids is 1. The van der Waals surface area contributed by atoms with E-state index in [2.05, 4.69) is 18.3 Å². The minimum absolute atomic E-state index is 0.0202. The molecule has 22 heavy (non-hydrogen) atoms. The first-order valence-corrected chi connectivity index (χ1v) is 9.65. The lowest BCUT2D eigenvalue weighted by Crippen LogP contribution is -2.29. The summed E-state index contributed by atoms with van der Waals surface area (Å²) in [5.74, 6) is 3.58. The molecule has 1 aromatic carbocycles. The normalized spacial score (nSPS) is 14.8. The number of hydrogen-bond acceptors (Lipinski definition) is 5. The van der Waals surface area contributed by atoms with Gasteiger partial charge in [-0.3, -0.25) is 4.79 Å². The van der Waals surface area contributed by atoms with Crippen LogP contribution in [0.5, 0.6) is 11.5 Å². The van der Waals surface area contributed by atoms with E-state index in [-0.39, 0.29) is 12.5 Å². The van der Waals surface area contributed by atoms with E-state index in [4.69, 9.17) is 9.47 Å². The van der Waals surface area contributed by atoms with Crippen LogP contribution in [0.4, 0.5) is 0 Å². The molecule has 0 atom stereocenters. The van der Waals surface area contributed by atoms with Crippen molar-refractivity contribution >= 4 is 29.4 Å². The van der Waals surface area contributed by atoms with Gasteiger partial charge in [-0.2, -0.15) is 0 Å². The highest BCUT2D eigenvalue weighted by atomic mass is 32.2. The highest BCUT2D eigenvalue weighted by Gasteiger charge is 2.20. The van der Waals surface area contributed by atoms with Crippen LogP contribution in [0.1, 0.15) is 29.9 Å². The summed E-state index contributed by atoms with van der Waals surface area (Å²) in [5, 5.41) is 2.84. The van der Waals surface area contributed by atoms with E-state index in [1.165, 1.54) is 17.1 Å². The standard InChI is InChI=1S/C16H23NO3S2/c1-3-4-7-17-15(18)11-20-13-6-5-12(10-14(13)19-2)16-21-8-9-22-16/h5-6,10,16H,3-4,7-9,11H2,1-2H3,(H,17,18). The number of carbonyl (C=O) groups is 1. The average molecular weight is 341 g/mol. The van der Waals surface area contributed by atoms with E-state index in [1.54, 1.807) is 7.11 Å². The van der Waals surface area contributed by atoms with Gasteiger partial charge in [-0.15, -0.1) is 23.5 Å². The molecule has 122 valence electrons. The number of ether oxygens (including phenoxy) is 2. The molecule has 0 radical (unpaired) electrons. The monoisotopic (exact) mass is 341 g/mol. The topological polar surface area (TPSA) is 47.6 Å². The first kappa shape index (κ1) is 17.3. The first-order chi connectivity index (χ1) is 10.7. The number of rotatable bonds is 8. The number of amides is 1. The molecule has 0 bridgehead atoms. The Balaban J connectivity index is 1.91. The Hall–Kier alpha value is -1.01. The van der Waals surface area contributed by atoms with Crippen LogP contribution < -0.4 is 14.8 Å². The maximum atomic E-state index is 11.7. The molecule has 1 aliphatic rings. The van der Waals surface area contributed by atoms with E-state index in [9.17, 15) is 4.79 Å². The zero-order valence-electron chi connectivity index (χ0n) is 13.1. The van der Waals surface area contributed by atoms with Gasteiger partial charge < -0.3 is 14.8 Å². The van der Waals surface area contributed by atoms with Crippen LogP contribution in [0.2, 0.25) is 0 Å². The summed E-state index contributed by atoms with van der Waals surface area (Å²) in [7, 11) is 1.63. The first-order valence-electron chi connectivity index (χ1n) is 7.55. The molecular weight excluding hydrogens is 318 g/mol. The molecule has 1 saturated heterocycles. The Morgan fingerprint density at radius 3 is 2.77 bits per heavy atom. The second-order valence-electron chi connectivity index (χ2n) is 4.98. The van der Waals surface area contributed by atoms with Gasteiger partial charge in [0, 0.05) is 18.1 Å². The predicted molar refractivity (Wildman–Crippen MR) is 94.1 cm³/mol. The lowest BCUT2D eigenvalue weighted by Gasteiger charge is -2.14. The summed E-state index contributed by atoms with van der Waals surface area (Å²) in [4.78, 5) is 11.7. The average Bonchev–Trinajstić information content (AvgIpc) is 3.07. The fourth-order valence-corrected chi connectivity index (χ4v) is 4.94. The van der Waals surface area contributed by atoms with Crippen molar-refractivity contribution in [1.82, 2.24) is 5.32 Å². The Kier molecular flexibility index (Phi) is 7.25. The molecule has 0 spiro atoms. The molecule has 4 nitrogen and oxygen atoms in total. The van der Waals surface area contributed by atoms with Crippen LogP contribution in [0.15, 0.2) is 18.2 Å². The fourth-order valence-electron chi connectivity index (χ4n) is 2.10. The zero-order valence-corrected chi connectivity index (χ0v) is 14.7. The third-order valence-electron chi connectivity index (χ3n) is 3.29. The molecule has 1 aliphatic heterocycles. The van der Waals surface area contributed by atoms with Crippen molar-refractivity contribution < 1.29 is 14.3 Å². The smallest absolute Gasteiger partial charge is 0.257 e. The molecule has 1 aromatic rings. The number of hydrogen-bond donors (Lipinski definition) is 1. The minimum Gasteiger partial charge on any atom is -0.493 e. The van der Waals surface area contributed by atoms with Crippen LogP contribution in [0, 0.1) is 0 Å². The number of methoxy groups -OCH3 is 1. The molecule has 1 fully saturated rings. The highest BCUT2D eigenvalue weighted by molar-refractivity contribution is 8.19. The van der Waals surface area contributed by atoms with Crippen molar-refractivity contribution in [2.24, 2.45) is 0 Å². The Labute approximate surface area is 140 Å². The summed E-state index contributed by atoms with van der Waals surface area (Å²) in [6.45, 7) is 2.81. The second-order valence-corrected chi connectivity index (χ2v) is 7.70. The van der Waals surface area contributed by atoms with E-state index in [1.807, 2.05) is 35.7 Å². The lowest BCUT2D eigenvalue weighted by molar-refractivity contribution is -0.123. The van der Waals surface area contributed by atoms with Gasteiger partial charge >= 0.3 is 0 Å². The van der Waals surface area contributed by atoms with Gasteiger partial charge in [-0.25, -0.2) is 0 Å². The van der Waals surface area contributed by atoms with E-state index >= 15 is 0 Å². The van der Waals surface area contributed by atoms with Gasteiger partial charge in [-0.1, -0.05) is 19.4 Å². The van der Waals surface area contributed by atoms with E-state index < -0.39 is 0 Å². The quantitative estimate of drug-likeness (QED) is 0.734. The third-order valence-corrected chi connectivity index (χ3v) is 6.40. The Morgan fingerprint density at radius 2 is 2.09 bits per heavy atom. The lowest BCUT2D eigenvalue weighted by atomic mass is 10.2. The van der Waals surface area contributed by atoms with Gasteiger partial charge in [0.2, 0.25) is 0 Å². The van der Waals surface area contributed by atoms with Crippen molar-refractivity contribution in [3.05, 3.63) is 23.8 Å². The van der Waals surface area contributed by atoms with Gasteiger partial charge in [-0.05, 0) is 24.1 Å². The second kappa shape index (κ2) is 9.20. The predicted octanol–water partition coefficient (Wildman–Crippen LogP) is 3.47. The molecule has 1 amide bonds. The minimum atomic E-state index is -0.0958.